The number of likely N-dealkylation sites (tertiary alicyclic amines) is 1. The van der Waals surface area contributed by atoms with Crippen LogP contribution in [0.4, 0.5) is 5.69 Å². The number of hydrogen-bond donors (Lipinski definition) is 3. The monoisotopic (exact) mass is 305 g/mol. The maximum atomic E-state index is 12.1. The number of carbonyl (C=O) groups excluding carboxylic acids is 3. The number of nitrogens with one attached hydrogen (secondary N) is 1. The normalized spacial score (nSPS) is 15.4. The molecular weight excluding hydrogens is 286 g/mol. The van der Waals surface area contributed by atoms with Gasteiger partial charge in [0, 0.05) is 19.0 Å². The average molecular weight is 305 g/mol. The second kappa shape index (κ2) is 6.46. The Hall–Kier alpha value is -2.57. The van der Waals surface area contributed by atoms with Crippen molar-refractivity contribution in [2.24, 2.45) is 11.7 Å². The summed E-state index contributed by atoms with van der Waals surface area (Å²) in [7, 11) is 0. The van der Waals surface area contributed by atoms with Crippen LogP contribution in [0.2, 0.25) is 0 Å². The number of benzene rings is 1. The van der Waals surface area contributed by atoms with Gasteiger partial charge in [0.1, 0.15) is 5.75 Å². The minimum absolute atomic E-state index is 0.0980. The van der Waals surface area contributed by atoms with E-state index in [2.05, 4.69) is 5.32 Å². The van der Waals surface area contributed by atoms with E-state index in [0.29, 0.717) is 25.9 Å². The van der Waals surface area contributed by atoms with Gasteiger partial charge in [-0.2, -0.15) is 0 Å². The van der Waals surface area contributed by atoms with Crippen LogP contribution < -0.4 is 11.1 Å². The zero-order valence-corrected chi connectivity index (χ0v) is 12.3. The first-order chi connectivity index (χ1) is 10.4. The third-order valence-corrected chi connectivity index (χ3v) is 3.78. The van der Waals surface area contributed by atoms with Crippen molar-refractivity contribution in [3.8, 4) is 5.75 Å². The molecule has 7 nitrogen and oxygen atoms in total. The summed E-state index contributed by atoms with van der Waals surface area (Å²) in [6.07, 6.45) is 0.925. The van der Waals surface area contributed by atoms with Crippen LogP contribution in [0.5, 0.6) is 5.75 Å². The molecule has 1 saturated heterocycles. The number of piperidine rings is 1. The zero-order valence-electron chi connectivity index (χ0n) is 12.3. The molecule has 0 unspecified atom stereocenters. The fourth-order valence-corrected chi connectivity index (χ4v) is 2.44. The van der Waals surface area contributed by atoms with Crippen LogP contribution in [0.1, 0.15) is 18.4 Å². The van der Waals surface area contributed by atoms with E-state index in [0.717, 1.165) is 5.56 Å². The van der Waals surface area contributed by atoms with Crippen LogP contribution in [-0.4, -0.2) is 40.8 Å². The lowest BCUT2D eigenvalue weighted by Crippen LogP contribution is -2.46. The third kappa shape index (κ3) is 3.55. The molecule has 4 N–H and O–H groups in total. The van der Waals surface area contributed by atoms with Crippen LogP contribution in [0.15, 0.2) is 18.2 Å². The Morgan fingerprint density at radius 3 is 2.50 bits per heavy atom. The van der Waals surface area contributed by atoms with Gasteiger partial charge in [0.15, 0.2) is 0 Å². The quantitative estimate of drug-likeness (QED) is 0.541. The number of aromatic hydroxyl groups is 1. The lowest BCUT2D eigenvalue weighted by molar-refractivity contribution is -0.144. The van der Waals surface area contributed by atoms with E-state index in [9.17, 15) is 19.5 Å². The standard InChI is InChI=1S/C15H19N3O4/c1-9-2-3-12(19)11(8-9)17-14(21)15(22)18-6-4-10(5-7-18)13(16)20/h2-3,8,10,19H,4-7H2,1H3,(H2,16,20)(H,17,21). The van der Waals surface area contributed by atoms with E-state index in [1.54, 1.807) is 12.1 Å². The summed E-state index contributed by atoms with van der Waals surface area (Å²) in [6.45, 7) is 2.45. The summed E-state index contributed by atoms with van der Waals surface area (Å²) in [5, 5.41) is 12.1. The van der Waals surface area contributed by atoms with Crippen molar-refractivity contribution in [2.75, 3.05) is 18.4 Å². The van der Waals surface area contributed by atoms with E-state index in [4.69, 9.17) is 5.73 Å². The molecule has 3 amide bonds. The smallest absolute Gasteiger partial charge is 0.314 e. The highest BCUT2D eigenvalue weighted by atomic mass is 16.3. The van der Waals surface area contributed by atoms with Gasteiger partial charge in [-0.15, -0.1) is 0 Å². The summed E-state index contributed by atoms with van der Waals surface area (Å²) in [6, 6.07) is 4.73. The molecule has 1 aromatic carbocycles. The van der Waals surface area contributed by atoms with E-state index in [-0.39, 0.29) is 23.3 Å². The predicted octanol–water partition coefficient (Wildman–Crippen LogP) is 0.363. The van der Waals surface area contributed by atoms with Gasteiger partial charge in [-0.25, -0.2) is 0 Å². The molecule has 7 heteroatoms. The molecule has 1 aromatic rings. The van der Waals surface area contributed by atoms with Gasteiger partial charge in [0.05, 0.1) is 5.69 Å². The second-order valence-electron chi connectivity index (χ2n) is 5.44. The maximum Gasteiger partial charge on any atom is 0.314 e. The van der Waals surface area contributed by atoms with E-state index < -0.39 is 11.8 Å². The number of anilines is 1. The van der Waals surface area contributed by atoms with E-state index in [1.165, 1.54) is 11.0 Å². The molecule has 1 heterocycles. The highest BCUT2D eigenvalue weighted by Gasteiger charge is 2.29. The van der Waals surface area contributed by atoms with Gasteiger partial charge in [-0.05, 0) is 37.5 Å². The maximum absolute atomic E-state index is 12.1. The molecule has 0 aliphatic carbocycles. The van der Waals surface area contributed by atoms with Gasteiger partial charge >= 0.3 is 11.8 Å². The summed E-state index contributed by atoms with van der Waals surface area (Å²) in [5.74, 6) is -2.20. The zero-order chi connectivity index (χ0) is 16.3. The van der Waals surface area contributed by atoms with Gasteiger partial charge in [0.25, 0.3) is 0 Å². The van der Waals surface area contributed by atoms with Crippen molar-refractivity contribution in [2.45, 2.75) is 19.8 Å². The fourth-order valence-electron chi connectivity index (χ4n) is 2.44. The highest BCUT2D eigenvalue weighted by molar-refractivity contribution is 6.39. The number of carbonyl (C=O) groups is 3. The molecule has 0 saturated carbocycles. The molecule has 0 bridgehead atoms. The highest BCUT2D eigenvalue weighted by Crippen LogP contribution is 2.24. The Morgan fingerprint density at radius 1 is 1.27 bits per heavy atom. The van der Waals surface area contributed by atoms with Crippen molar-refractivity contribution in [1.82, 2.24) is 4.90 Å². The first kappa shape index (κ1) is 15.8. The summed E-state index contributed by atoms with van der Waals surface area (Å²) in [4.78, 5) is 36.6. The first-order valence-electron chi connectivity index (χ1n) is 7.07. The van der Waals surface area contributed by atoms with Crippen LogP contribution in [0, 0.1) is 12.8 Å². The van der Waals surface area contributed by atoms with E-state index >= 15 is 0 Å². The lowest BCUT2D eigenvalue weighted by Gasteiger charge is -2.30. The Morgan fingerprint density at radius 2 is 1.91 bits per heavy atom. The van der Waals surface area contributed by atoms with Gasteiger partial charge < -0.3 is 21.1 Å². The SMILES string of the molecule is Cc1ccc(O)c(NC(=O)C(=O)N2CCC(C(N)=O)CC2)c1. The number of rotatable bonds is 2. The third-order valence-electron chi connectivity index (χ3n) is 3.78. The predicted molar refractivity (Wildman–Crippen MR) is 80.0 cm³/mol. The van der Waals surface area contributed by atoms with Crippen molar-refractivity contribution < 1.29 is 19.5 Å². The van der Waals surface area contributed by atoms with Crippen molar-refractivity contribution in [1.29, 1.82) is 0 Å². The molecule has 1 aliphatic heterocycles. The minimum Gasteiger partial charge on any atom is -0.506 e. The molecular formula is C15H19N3O4. The Bertz CT molecular complexity index is 607. The van der Waals surface area contributed by atoms with Gasteiger partial charge in [-0.3, -0.25) is 14.4 Å². The molecule has 0 radical (unpaired) electrons. The number of primary amides is 1. The molecule has 2 rings (SSSR count). The van der Waals surface area contributed by atoms with Crippen LogP contribution in [-0.2, 0) is 14.4 Å². The summed E-state index contributed by atoms with van der Waals surface area (Å²) in [5.41, 5.74) is 6.28. The molecule has 118 valence electrons. The van der Waals surface area contributed by atoms with Crippen molar-refractivity contribution in [3.63, 3.8) is 0 Å². The van der Waals surface area contributed by atoms with Gasteiger partial charge in [-0.1, -0.05) is 6.07 Å². The van der Waals surface area contributed by atoms with Crippen LogP contribution in [0.25, 0.3) is 0 Å². The number of phenols is 1. The van der Waals surface area contributed by atoms with Crippen LogP contribution >= 0.6 is 0 Å². The van der Waals surface area contributed by atoms with Gasteiger partial charge in [0.2, 0.25) is 5.91 Å². The lowest BCUT2D eigenvalue weighted by atomic mass is 9.96. The molecule has 1 aliphatic rings. The number of phenolic OH excluding ortho intramolecular Hbond substituents is 1. The molecule has 0 atom stereocenters. The molecule has 1 fully saturated rings. The summed E-state index contributed by atoms with van der Waals surface area (Å²) < 4.78 is 0. The largest absolute Gasteiger partial charge is 0.506 e. The Labute approximate surface area is 128 Å². The molecule has 22 heavy (non-hydrogen) atoms. The number of hydrogen-bond acceptors (Lipinski definition) is 4. The number of amides is 3. The minimum atomic E-state index is -0.807. The Kier molecular flexibility index (Phi) is 4.65. The Balaban J connectivity index is 1.97. The number of nitrogens with zero attached hydrogens (tertiary/aromatic N) is 1. The molecule has 0 spiro atoms. The average Bonchev–Trinajstić information content (AvgIpc) is 2.50. The van der Waals surface area contributed by atoms with E-state index in [1.807, 2.05) is 6.92 Å². The summed E-state index contributed by atoms with van der Waals surface area (Å²) >= 11 is 0. The topological polar surface area (TPSA) is 113 Å². The number of aryl methyl sites for hydroxylation is 1. The van der Waals surface area contributed by atoms with Crippen molar-refractivity contribution in [3.05, 3.63) is 23.8 Å². The fraction of sp³-hybridized carbons (Fsp3) is 0.400. The first-order valence-corrected chi connectivity index (χ1v) is 7.07. The van der Waals surface area contributed by atoms with Crippen molar-refractivity contribution >= 4 is 23.4 Å². The van der Waals surface area contributed by atoms with Crippen LogP contribution in [0.3, 0.4) is 0 Å². The number of nitrogens with two attached hydrogens (primary N) is 1. The second-order valence-corrected chi connectivity index (χ2v) is 5.44. The molecule has 0 aromatic heterocycles.